The summed E-state index contributed by atoms with van der Waals surface area (Å²) in [7, 11) is 0. The highest BCUT2D eigenvalue weighted by atomic mass is 16.5. The number of ether oxygens (including phenoxy) is 1. The fourth-order valence-electron chi connectivity index (χ4n) is 1.54. The van der Waals surface area contributed by atoms with E-state index in [-0.39, 0.29) is 12.7 Å². The van der Waals surface area contributed by atoms with E-state index >= 15 is 0 Å². The lowest BCUT2D eigenvalue weighted by molar-refractivity contribution is 0.252. The zero-order valence-electron chi connectivity index (χ0n) is 7.08. The van der Waals surface area contributed by atoms with Crippen molar-refractivity contribution in [2.45, 2.75) is 26.1 Å². The Labute approximate surface area is 71.8 Å². The van der Waals surface area contributed by atoms with E-state index in [9.17, 15) is 0 Å². The molecule has 1 aromatic rings. The molecular weight excluding hydrogens is 152 g/mol. The van der Waals surface area contributed by atoms with Crippen LogP contribution in [0.15, 0.2) is 18.2 Å². The number of aliphatic hydroxyl groups is 1. The maximum atomic E-state index is 8.88. The molecule has 1 aliphatic rings. The van der Waals surface area contributed by atoms with Crippen molar-refractivity contribution in [2.75, 3.05) is 0 Å². The van der Waals surface area contributed by atoms with E-state index in [1.807, 2.05) is 18.2 Å². The molecule has 12 heavy (non-hydrogen) atoms. The Morgan fingerprint density at radius 1 is 1.58 bits per heavy atom. The van der Waals surface area contributed by atoms with Gasteiger partial charge in [-0.25, -0.2) is 0 Å². The summed E-state index contributed by atoms with van der Waals surface area (Å²) in [4.78, 5) is 0. The van der Waals surface area contributed by atoms with Gasteiger partial charge >= 0.3 is 0 Å². The lowest BCUT2D eigenvalue weighted by Gasteiger charge is -2.03. The zero-order valence-corrected chi connectivity index (χ0v) is 7.08. The molecule has 2 rings (SSSR count). The average molecular weight is 164 g/mol. The van der Waals surface area contributed by atoms with Gasteiger partial charge in [0.05, 0.1) is 6.61 Å². The van der Waals surface area contributed by atoms with Gasteiger partial charge in [-0.15, -0.1) is 0 Å². The molecule has 0 bridgehead atoms. The van der Waals surface area contributed by atoms with Crippen molar-refractivity contribution in [2.24, 2.45) is 0 Å². The quantitative estimate of drug-likeness (QED) is 0.681. The summed E-state index contributed by atoms with van der Waals surface area (Å²) in [5.41, 5.74) is 2.17. The molecule has 0 saturated heterocycles. The fourth-order valence-corrected chi connectivity index (χ4v) is 1.54. The Bertz CT molecular complexity index is 294. The first-order valence-corrected chi connectivity index (χ1v) is 4.19. The third-order valence-corrected chi connectivity index (χ3v) is 2.15. The summed E-state index contributed by atoms with van der Waals surface area (Å²) in [6, 6.07) is 5.89. The molecule has 0 spiro atoms. The number of fused-ring (bicyclic) bond motifs is 1. The van der Waals surface area contributed by atoms with Crippen molar-refractivity contribution < 1.29 is 9.84 Å². The molecule has 0 fully saturated rings. The maximum Gasteiger partial charge on any atom is 0.123 e. The van der Waals surface area contributed by atoms with Crippen LogP contribution in [0.2, 0.25) is 0 Å². The van der Waals surface area contributed by atoms with Crippen LogP contribution in [0.1, 0.15) is 18.1 Å². The Morgan fingerprint density at radius 3 is 3.17 bits per heavy atom. The SMILES string of the molecule is CC1Cc2ccc(CO)cc2O1. The van der Waals surface area contributed by atoms with Crippen LogP contribution in [-0.2, 0) is 13.0 Å². The molecule has 2 heteroatoms. The second-order valence-electron chi connectivity index (χ2n) is 3.23. The van der Waals surface area contributed by atoms with E-state index in [2.05, 4.69) is 6.92 Å². The van der Waals surface area contributed by atoms with Gasteiger partial charge in [0.2, 0.25) is 0 Å². The smallest absolute Gasteiger partial charge is 0.123 e. The van der Waals surface area contributed by atoms with Gasteiger partial charge in [0.25, 0.3) is 0 Å². The minimum Gasteiger partial charge on any atom is -0.490 e. The van der Waals surface area contributed by atoms with Crippen LogP contribution in [0.3, 0.4) is 0 Å². The molecule has 0 amide bonds. The predicted molar refractivity (Wildman–Crippen MR) is 46.2 cm³/mol. The average Bonchev–Trinajstić information content (AvgIpc) is 2.43. The van der Waals surface area contributed by atoms with Crippen LogP contribution in [0, 0.1) is 0 Å². The van der Waals surface area contributed by atoms with Crippen LogP contribution in [0.25, 0.3) is 0 Å². The summed E-state index contributed by atoms with van der Waals surface area (Å²) in [6.45, 7) is 2.14. The van der Waals surface area contributed by atoms with Gasteiger partial charge in [0.1, 0.15) is 11.9 Å². The first-order valence-electron chi connectivity index (χ1n) is 4.19. The number of rotatable bonds is 1. The highest BCUT2D eigenvalue weighted by molar-refractivity contribution is 5.40. The molecule has 2 nitrogen and oxygen atoms in total. The molecular formula is C10H12O2. The van der Waals surface area contributed by atoms with Gasteiger partial charge in [-0.2, -0.15) is 0 Å². The standard InChI is InChI=1S/C10H12O2/c1-7-4-9-3-2-8(6-11)5-10(9)12-7/h2-3,5,7,11H,4,6H2,1H3. The van der Waals surface area contributed by atoms with E-state index in [1.165, 1.54) is 5.56 Å². The van der Waals surface area contributed by atoms with Crippen LogP contribution >= 0.6 is 0 Å². The molecule has 0 radical (unpaired) electrons. The lowest BCUT2D eigenvalue weighted by atomic mass is 10.1. The molecule has 1 N–H and O–H groups in total. The third kappa shape index (κ3) is 1.18. The normalized spacial score (nSPS) is 20.3. The molecule has 1 heterocycles. The number of aliphatic hydroxyl groups excluding tert-OH is 1. The zero-order chi connectivity index (χ0) is 8.55. The predicted octanol–water partition coefficient (Wildman–Crippen LogP) is 1.50. The molecule has 1 aliphatic heterocycles. The van der Waals surface area contributed by atoms with Gasteiger partial charge in [0.15, 0.2) is 0 Å². The summed E-state index contributed by atoms with van der Waals surface area (Å²) in [6.07, 6.45) is 1.27. The number of hydrogen-bond acceptors (Lipinski definition) is 2. The fraction of sp³-hybridized carbons (Fsp3) is 0.400. The van der Waals surface area contributed by atoms with Crippen LogP contribution < -0.4 is 4.74 Å². The highest BCUT2D eigenvalue weighted by Crippen LogP contribution is 2.29. The lowest BCUT2D eigenvalue weighted by Crippen LogP contribution is -2.05. The second-order valence-corrected chi connectivity index (χ2v) is 3.23. The largest absolute Gasteiger partial charge is 0.490 e. The first kappa shape index (κ1) is 7.62. The summed E-state index contributed by atoms with van der Waals surface area (Å²) in [5.74, 6) is 0.939. The van der Waals surface area contributed by atoms with Gasteiger partial charge in [-0.3, -0.25) is 0 Å². The van der Waals surface area contributed by atoms with Crippen LogP contribution in [-0.4, -0.2) is 11.2 Å². The summed E-state index contributed by atoms with van der Waals surface area (Å²) in [5, 5.41) is 8.88. The molecule has 64 valence electrons. The molecule has 0 aromatic heterocycles. The molecule has 0 aliphatic carbocycles. The third-order valence-electron chi connectivity index (χ3n) is 2.15. The molecule has 0 saturated carbocycles. The van der Waals surface area contributed by atoms with Crippen molar-refractivity contribution in [3.63, 3.8) is 0 Å². The van der Waals surface area contributed by atoms with Crippen LogP contribution in [0.4, 0.5) is 0 Å². The first-order chi connectivity index (χ1) is 5.79. The number of hydrogen-bond donors (Lipinski definition) is 1. The van der Waals surface area contributed by atoms with Crippen molar-refractivity contribution in [3.8, 4) is 5.75 Å². The van der Waals surface area contributed by atoms with E-state index in [1.54, 1.807) is 0 Å². The van der Waals surface area contributed by atoms with Gasteiger partial charge in [0, 0.05) is 6.42 Å². The van der Waals surface area contributed by atoms with Gasteiger partial charge < -0.3 is 9.84 Å². The van der Waals surface area contributed by atoms with E-state index in [4.69, 9.17) is 9.84 Å². The Balaban J connectivity index is 2.35. The van der Waals surface area contributed by atoms with E-state index in [0.29, 0.717) is 0 Å². The molecule has 1 unspecified atom stereocenters. The summed E-state index contributed by atoms with van der Waals surface area (Å²) >= 11 is 0. The van der Waals surface area contributed by atoms with Gasteiger partial charge in [-0.1, -0.05) is 12.1 Å². The van der Waals surface area contributed by atoms with Crippen molar-refractivity contribution >= 4 is 0 Å². The van der Waals surface area contributed by atoms with Crippen molar-refractivity contribution in [1.29, 1.82) is 0 Å². The second kappa shape index (κ2) is 2.79. The van der Waals surface area contributed by atoms with Gasteiger partial charge in [-0.05, 0) is 24.1 Å². The minimum atomic E-state index is 0.0883. The topological polar surface area (TPSA) is 29.5 Å². The van der Waals surface area contributed by atoms with Crippen molar-refractivity contribution in [1.82, 2.24) is 0 Å². The highest BCUT2D eigenvalue weighted by Gasteiger charge is 2.18. The monoisotopic (exact) mass is 164 g/mol. The van der Waals surface area contributed by atoms with E-state index in [0.717, 1.165) is 17.7 Å². The van der Waals surface area contributed by atoms with Crippen LogP contribution in [0.5, 0.6) is 5.75 Å². The Kier molecular flexibility index (Phi) is 1.77. The Hall–Kier alpha value is -1.02. The van der Waals surface area contributed by atoms with Crippen molar-refractivity contribution in [3.05, 3.63) is 29.3 Å². The molecule has 1 atom stereocenters. The molecule has 1 aromatic carbocycles. The number of benzene rings is 1. The minimum absolute atomic E-state index is 0.0883. The van der Waals surface area contributed by atoms with E-state index < -0.39 is 0 Å². The maximum absolute atomic E-state index is 8.88. The Morgan fingerprint density at radius 2 is 2.42 bits per heavy atom. The summed E-state index contributed by atoms with van der Waals surface area (Å²) < 4.78 is 5.54.